The van der Waals surface area contributed by atoms with Gasteiger partial charge in [-0.05, 0) is 17.7 Å². The minimum absolute atomic E-state index is 0.0697. The van der Waals surface area contributed by atoms with Gasteiger partial charge in [0.15, 0.2) is 0 Å². The lowest BCUT2D eigenvalue weighted by molar-refractivity contribution is -0.192. The van der Waals surface area contributed by atoms with Crippen molar-refractivity contribution in [3.05, 3.63) is 60.1 Å². The Labute approximate surface area is 172 Å². The van der Waals surface area contributed by atoms with Gasteiger partial charge in [0.1, 0.15) is 18.0 Å². The summed E-state index contributed by atoms with van der Waals surface area (Å²) in [6.45, 7) is 0.221. The smallest absolute Gasteiger partial charge is 0.475 e. The van der Waals surface area contributed by atoms with E-state index in [1.54, 1.807) is 31.7 Å². The van der Waals surface area contributed by atoms with E-state index < -0.39 is 23.9 Å². The number of nitrogens with zero attached hydrogens (tertiary/aromatic N) is 4. The summed E-state index contributed by atoms with van der Waals surface area (Å²) in [5.74, 6) is -3.51. The fourth-order valence-corrected chi connectivity index (χ4v) is 2.30. The minimum Gasteiger partial charge on any atom is -0.475 e. The molecule has 0 fully saturated rings. The molecule has 0 atom stereocenters. The van der Waals surface area contributed by atoms with Crippen LogP contribution in [0.5, 0.6) is 0 Å². The molecular weight excluding hydrogens is 424 g/mol. The Morgan fingerprint density at radius 1 is 1.16 bits per heavy atom. The number of carbonyl (C=O) groups excluding carboxylic acids is 1. The van der Waals surface area contributed by atoms with Crippen LogP contribution >= 0.6 is 0 Å². The van der Waals surface area contributed by atoms with E-state index in [2.05, 4.69) is 20.4 Å². The Morgan fingerprint density at radius 2 is 1.77 bits per heavy atom. The van der Waals surface area contributed by atoms with E-state index in [0.29, 0.717) is 22.5 Å². The summed E-state index contributed by atoms with van der Waals surface area (Å²) in [5, 5.41) is 13.8. The van der Waals surface area contributed by atoms with Crippen molar-refractivity contribution in [3.63, 3.8) is 0 Å². The second kappa shape index (κ2) is 9.75. The lowest BCUT2D eigenvalue weighted by Gasteiger charge is -2.09. The molecule has 1 amide bonds. The fraction of sp³-hybridized carbons (Fsp3) is 0.167. The first-order valence-corrected chi connectivity index (χ1v) is 8.42. The number of benzene rings is 1. The molecule has 0 unspecified atom stereocenters. The van der Waals surface area contributed by atoms with Crippen LogP contribution in [-0.2, 0) is 18.4 Å². The van der Waals surface area contributed by atoms with E-state index in [1.165, 1.54) is 23.1 Å². The van der Waals surface area contributed by atoms with Gasteiger partial charge < -0.3 is 16.2 Å². The molecule has 0 bridgehead atoms. The van der Waals surface area contributed by atoms with Crippen LogP contribution in [0.1, 0.15) is 15.9 Å². The molecule has 164 valence electrons. The first-order valence-electron chi connectivity index (χ1n) is 8.42. The van der Waals surface area contributed by atoms with Crippen LogP contribution in [0.3, 0.4) is 0 Å². The van der Waals surface area contributed by atoms with Gasteiger partial charge >= 0.3 is 12.1 Å². The summed E-state index contributed by atoms with van der Waals surface area (Å²) in [4.78, 5) is 29.0. The third kappa shape index (κ3) is 6.05. The molecule has 9 nitrogen and oxygen atoms in total. The Hall–Kier alpha value is -3.87. The molecule has 0 saturated carbocycles. The van der Waals surface area contributed by atoms with Gasteiger partial charge in [-0.1, -0.05) is 6.07 Å². The van der Waals surface area contributed by atoms with E-state index in [4.69, 9.17) is 15.6 Å². The molecule has 31 heavy (non-hydrogen) atoms. The monoisotopic (exact) mass is 440 g/mol. The standard InChI is InChI=1S/C16H15FN6O.C2HF3O2/c1-23-15(11(5-18)8-21-23)22-16(24)13-3-2-10(4-14(13)17)12-6-19-9-20-7-12;3-2(4,5)1(6)7/h2-4,6-9H,5,18H2,1H3,(H,22,24);(H,6,7). The van der Waals surface area contributed by atoms with Crippen molar-refractivity contribution in [1.82, 2.24) is 19.7 Å². The van der Waals surface area contributed by atoms with E-state index in [0.717, 1.165) is 0 Å². The predicted molar refractivity (Wildman–Crippen MR) is 100 cm³/mol. The van der Waals surface area contributed by atoms with Crippen LogP contribution in [0.2, 0.25) is 0 Å². The van der Waals surface area contributed by atoms with Crippen molar-refractivity contribution in [2.45, 2.75) is 12.7 Å². The highest BCUT2D eigenvalue weighted by Gasteiger charge is 2.38. The number of nitrogens with two attached hydrogens (primary N) is 1. The Bertz CT molecular complexity index is 1070. The molecule has 3 aromatic rings. The van der Waals surface area contributed by atoms with E-state index >= 15 is 0 Å². The van der Waals surface area contributed by atoms with Crippen molar-refractivity contribution in [2.75, 3.05) is 5.32 Å². The van der Waals surface area contributed by atoms with Gasteiger partial charge in [0, 0.05) is 37.1 Å². The maximum atomic E-state index is 14.3. The molecule has 0 aliphatic rings. The van der Waals surface area contributed by atoms with Crippen molar-refractivity contribution in [2.24, 2.45) is 12.8 Å². The molecule has 0 radical (unpaired) electrons. The lowest BCUT2D eigenvalue weighted by atomic mass is 10.1. The molecular formula is C18H16F4N6O3. The van der Waals surface area contributed by atoms with Crippen molar-refractivity contribution < 1.29 is 32.3 Å². The van der Waals surface area contributed by atoms with Crippen molar-refractivity contribution >= 4 is 17.7 Å². The van der Waals surface area contributed by atoms with Gasteiger partial charge in [-0.3, -0.25) is 9.48 Å². The summed E-state index contributed by atoms with van der Waals surface area (Å²) < 4.78 is 47.6. The number of carboxylic acids is 1. The number of hydrogen-bond donors (Lipinski definition) is 3. The normalized spacial score (nSPS) is 10.8. The number of anilines is 1. The van der Waals surface area contributed by atoms with Crippen molar-refractivity contribution in [1.29, 1.82) is 0 Å². The third-order valence-corrected chi connectivity index (χ3v) is 3.82. The molecule has 0 aliphatic carbocycles. The molecule has 1 aromatic carbocycles. The average molecular weight is 440 g/mol. The number of hydrogen-bond acceptors (Lipinski definition) is 6. The van der Waals surface area contributed by atoms with Crippen LogP contribution in [0.4, 0.5) is 23.4 Å². The first-order chi connectivity index (χ1) is 14.5. The number of carbonyl (C=O) groups is 2. The Morgan fingerprint density at radius 3 is 2.29 bits per heavy atom. The zero-order valence-corrected chi connectivity index (χ0v) is 15.9. The number of carboxylic acid groups (broad SMARTS) is 1. The summed E-state index contributed by atoms with van der Waals surface area (Å²) in [6.07, 6.45) is 1.02. The van der Waals surface area contributed by atoms with Gasteiger partial charge in [-0.25, -0.2) is 19.2 Å². The molecule has 2 aromatic heterocycles. The summed E-state index contributed by atoms with van der Waals surface area (Å²) >= 11 is 0. The molecule has 3 rings (SSSR count). The van der Waals surface area contributed by atoms with Crippen LogP contribution in [0.25, 0.3) is 11.1 Å². The highest BCUT2D eigenvalue weighted by Crippen LogP contribution is 2.22. The van der Waals surface area contributed by atoms with Crippen LogP contribution in [0.15, 0.2) is 43.1 Å². The number of rotatable bonds is 4. The highest BCUT2D eigenvalue weighted by atomic mass is 19.4. The van der Waals surface area contributed by atoms with E-state index in [1.807, 2.05) is 0 Å². The first kappa shape index (κ1) is 23.4. The number of aliphatic carboxylic acids is 1. The zero-order chi connectivity index (χ0) is 23.2. The maximum Gasteiger partial charge on any atom is 0.490 e. The van der Waals surface area contributed by atoms with Crippen molar-refractivity contribution in [3.8, 4) is 11.1 Å². The summed E-state index contributed by atoms with van der Waals surface area (Å²) in [6, 6.07) is 4.34. The minimum atomic E-state index is -5.08. The van der Waals surface area contributed by atoms with Crippen LogP contribution < -0.4 is 11.1 Å². The molecule has 4 N–H and O–H groups in total. The second-order valence-corrected chi connectivity index (χ2v) is 5.92. The SMILES string of the molecule is Cn1ncc(CN)c1NC(=O)c1ccc(-c2cncnc2)cc1F.O=C(O)C(F)(F)F. The quantitative estimate of drug-likeness (QED) is 0.530. The Kier molecular flexibility index (Phi) is 7.37. The van der Waals surface area contributed by atoms with Crippen LogP contribution in [-0.4, -0.2) is 42.9 Å². The van der Waals surface area contributed by atoms with Gasteiger partial charge in [-0.2, -0.15) is 18.3 Å². The van der Waals surface area contributed by atoms with Crippen LogP contribution in [0, 0.1) is 5.82 Å². The largest absolute Gasteiger partial charge is 0.490 e. The maximum absolute atomic E-state index is 14.3. The summed E-state index contributed by atoms with van der Waals surface area (Å²) in [5.41, 5.74) is 7.46. The van der Waals surface area contributed by atoms with Gasteiger partial charge in [0.05, 0.1) is 11.8 Å². The number of aromatic nitrogens is 4. The third-order valence-electron chi connectivity index (χ3n) is 3.82. The highest BCUT2D eigenvalue weighted by molar-refractivity contribution is 6.04. The van der Waals surface area contributed by atoms with E-state index in [-0.39, 0.29) is 12.1 Å². The Balaban J connectivity index is 0.000000423. The number of alkyl halides is 3. The molecule has 2 heterocycles. The fourth-order valence-electron chi connectivity index (χ4n) is 2.30. The average Bonchev–Trinajstić information content (AvgIpc) is 3.07. The molecule has 0 spiro atoms. The van der Waals surface area contributed by atoms with Gasteiger partial charge in [0.25, 0.3) is 5.91 Å². The summed E-state index contributed by atoms with van der Waals surface area (Å²) in [7, 11) is 1.67. The number of amides is 1. The molecule has 0 aliphatic heterocycles. The second-order valence-electron chi connectivity index (χ2n) is 5.92. The number of aryl methyl sites for hydroxylation is 1. The van der Waals surface area contributed by atoms with Gasteiger partial charge in [-0.15, -0.1) is 0 Å². The topological polar surface area (TPSA) is 136 Å². The lowest BCUT2D eigenvalue weighted by Crippen LogP contribution is -2.21. The van der Waals surface area contributed by atoms with E-state index in [9.17, 15) is 22.4 Å². The predicted octanol–water partition coefficient (Wildman–Crippen LogP) is 2.36. The zero-order valence-electron chi connectivity index (χ0n) is 15.9. The molecule has 13 heteroatoms. The molecule has 0 saturated heterocycles. The van der Waals surface area contributed by atoms with Gasteiger partial charge in [0.2, 0.25) is 0 Å². The number of halogens is 4. The number of nitrogens with one attached hydrogen (secondary N) is 1.